The Hall–Kier alpha value is -1.52. The van der Waals surface area contributed by atoms with Crippen molar-refractivity contribution in [3.8, 4) is 5.75 Å². The van der Waals surface area contributed by atoms with Gasteiger partial charge < -0.3 is 9.84 Å². The molecule has 0 unspecified atom stereocenters. The number of aliphatic hydroxyl groups is 1. The van der Waals surface area contributed by atoms with E-state index in [1.807, 2.05) is 32.0 Å². The van der Waals surface area contributed by atoms with Crippen LogP contribution in [-0.2, 0) is 13.7 Å². The van der Waals surface area contributed by atoms with E-state index < -0.39 is 6.10 Å². The topological polar surface area (TPSA) is 47.3 Å². The second-order valence-electron chi connectivity index (χ2n) is 4.98. The standard InChI is InChI=1S/C15H19ClN2O2/c1-9-5-6-14(12(7-9)11(3)19)20-8-13-10(2)17-18(4)15(13)16/h5-7,11,19H,8H2,1-4H3/t11-/m1/s1. The van der Waals surface area contributed by atoms with Crippen LogP contribution in [0.2, 0.25) is 5.15 Å². The predicted molar refractivity (Wildman–Crippen MR) is 79.1 cm³/mol. The molecule has 4 nitrogen and oxygen atoms in total. The molecule has 0 bridgehead atoms. The summed E-state index contributed by atoms with van der Waals surface area (Å²) in [4.78, 5) is 0. The first-order valence-corrected chi connectivity index (χ1v) is 6.87. The summed E-state index contributed by atoms with van der Waals surface area (Å²) >= 11 is 6.18. The van der Waals surface area contributed by atoms with Crippen LogP contribution in [-0.4, -0.2) is 14.9 Å². The Morgan fingerprint density at radius 1 is 1.40 bits per heavy atom. The van der Waals surface area contributed by atoms with Crippen LogP contribution < -0.4 is 4.74 Å². The SMILES string of the molecule is Cc1ccc(OCc2c(C)nn(C)c2Cl)c([C@@H](C)O)c1. The molecule has 0 aliphatic carbocycles. The molecule has 2 aromatic rings. The third-order valence-electron chi connectivity index (χ3n) is 3.26. The van der Waals surface area contributed by atoms with Gasteiger partial charge >= 0.3 is 0 Å². The van der Waals surface area contributed by atoms with E-state index in [0.29, 0.717) is 17.5 Å². The van der Waals surface area contributed by atoms with Crippen LogP contribution in [0, 0.1) is 13.8 Å². The highest BCUT2D eigenvalue weighted by molar-refractivity contribution is 6.30. The zero-order valence-corrected chi connectivity index (χ0v) is 12.9. The lowest BCUT2D eigenvalue weighted by molar-refractivity contribution is 0.190. The lowest BCUT2D eigenvalue weighted by atomic mass is 10.1. The minimum absolute atomic E-state index is 0.335. The van der Waals surface area contributed by atoms with Crippen LogP contribution in [0.15, 0.2) is 18.2 Å². The van der Waals surface area contributed by atoms with Crippen LogP contribution >= 0.6 is 11.6 Å². The normalized spacial score (nSPS) is 12.5. The Morgan fingerprint density at radius 2 is 2.10 bits per heavy atom. The smallest absolute Gasteiger partial charge is 0.133 e. The van der Waals surface area contributed by atoms with Gasteiger partial charge in [0.15, 0.2) is 0 Å². The van der Waals surface area contributed by atoms with Crippen LogP contribution in [0.3, 0.4) is 0 Å². The van der Waals surface area contributed by atoms with Crippen molar-refractivity contribution >= 4 is 11.6 Å². The van der Waals surface area contributed by atoms with E-state index in [0.717, 1.165) is 22.4 Å². The minimum atomic E-state index is -0.574. The molecule has 0 saturated heterocycles. The van der Waals surface area contributed by atoms with Crippen molar-refractivity contribution in [1.29, 1.82) is 0 Å². The lowest BCUT2D eigenvalue weighted by Crippen LogP contribution is -2.02. The number of aryl methyl sites for hydroxylation is 3. The first kappa shape index (κ1) is 14.9. The number of ether oxygens (including phenoxy) is 1. The van der Waals surface area contributed by atoms with Gasteiger partial charge in [0.05, 0.1) is 11.8 Å². The number of hydrogen-bond donors (Lipinski definition) is 1. The fourth-order valence-electron chi connectivity index (χ4n) is 2.11. The number of rotatable bonds is 4. The molecule has 0 aliphatic rings. The molecule has 0 spiro atoms. The minimum Gasteiger partial charge on any atom is -0.488 e. The molecule has 0 aliphatic heterocycles. The molecule has 2 rings (SSSR count). The van der Waals surface area contributed by atoms with Gasteiger partial charge in [-0.2, -0.15) is 5.10 Å². The summed E-state index contributed by atoms with van der Waals surface area (Å²) in [5.74, 6) is 0.671. The third kappa shape index (κ3) is 2.97. The summed E-state index contributed by atoms with van der Waals surface area (Å²) in [5, 5.41) is 14.6. The van der Waals surface area contributed by atoms with Crippen molar-refractivity contribution in [2.45, 2.75) is 33.5 Å². The number of halogens is 1. The lowest BCUT2D eigenvalue weighted by Gasteiger charge is -2.14. The Morgan fingerprint density at radius 3 is 2.65 bits per heavy atom. The fourth-order valence-corrected chi connectivity index (χ4v) is 2.34. The van der Waals surface area contributed by atoms with Gasteiger partial charge in [-0.3, -0.25) is 4.68 Å². The van der Waals surface area contributed by atoms with Crippen LogP contribution in [0.5, 0.6) is 5.75 Å². The van der Waals surface area contributed by atoms with Crippen LogP contribution in [0.4, 0.5) is 0 Å². The summed E-state index contributed by atoms with van der Waals surface area (Å²) in [5.41, 5.74) is 3.58. The van der Waals surface area contributed by atoms with Crippen molar-refractivity contribution in [3.05, 3.63) is 45.7 Å². The zero-order valence-electron chi connectivity index (χ0n) is 12.1. The maximum absolute atomic E-state index is 9.82. The molecule has 1 aromatic heterocycles. The molecular weight excluding hydrogens is 276 g/mol. The Balaban J connectivity index is 2.23. The van der Waals surface area contributed by atoms with Crippen LogP contribution in [0.1, 0.15) is 35.4 Å². The Bertz CT molecular complexity index is 621. The molecule has 108 valence electrons. The van der Waals surface area contributed by atoms with E-state index >= 15 is 0 Å². The third-order valence-corrected chi connectivity index (χ3v) is 3.73. The monoisotopic (exact) mass is 294 g/mol. The van der Waals surface area contributed by atoms with E-state index in [1.54, 1.807) is 18.7 Å². The van der Waals surface area contributed by atoms with Gasteiger partial charge in [0, 0.05) is 18.2 Å². The molecule has 1 atom stereocenters. The zero-order chi connectivity index (χ0) is 14.9. The van der Waals surface area contributed by atoms with E-state index in [4.69, 9.17) is 16.3 Å². The van der Waals surface area contributed by atoms with Gasteiger partial charge in [-0.1, -0.05) is 23.2 Å². The van der Waals surface area contributed by atoms with Crippen molar-refractivity contribution in [1.82, 2.24) is 9.78 Å². The summed E-state index contributed by atoms with van der Waals surface area (Å²) in [6.45, 7) is 5.94. The first-order valence-electron chi connectivity index (χ1n) is 6.49. The predicted octanol–water partition coefficient (Wildman–Crippen LogP) is 3.32. The summed E-state index contributed by atoms with van der Waals surface area (Å²) in [6, 6.07) is 5.76. The fraction of sp³-hybridized carbons (Fsp3) is 0.400. The second kappa shape index (κ2) is 5.85. The van der Waals surface area contributed by atoms with Gasteiger partial charge in [0.2, 0.25) is 0 Å². The van der Waals surface area contributed by atoms with Gasteiger partial charge in [-0.05, 0) is 32.9 Å². The molecule has 0 amide bonds. The molecule has 0 radical (unpaired) electrons. The van der Waals surface area contributed by atoms with E-state index in [9.17, 15) is 5.11 Å². The van der Waals surface area contributed by atoms with E-state index in [2.05, 4.69) is 5.10 Å². The van der Waals surface area contributed by atoms with E-state index in [1.165, 1.54) is 0 Å². The average Bonchev–Trinajstić information content (AvgIpc) is 2.62. The molecule has 0 fully saturated rings. The highest BCUT2D eigenvalue weighted by Crippen LogP contribution is 2.28. The van der Waals surface area contributed by atoms with Gasteiger partial charge in [-0.25, -0.2) is 0 Å². The molecule has 20 heavy (non-hydrogen) atoms. The molecule has 0 saturated carbocycles. The van der Waals surface area contributed by atoms with Crippen molar-refractivity contribution in [3.63, 3.8) is 0 Å². The number of aromatic nitrogens is 2. The number of hydrogen-bond acceptors (Lipinski definition) is 3. The quantitative estimate of drug-likeness (QED) is 0.941. The average molecular weight is 295 g/mol. The first-order chi connectivity index (χ1) is 9.40. The van der Waals surface area contributed by atoms with Gasteiger partial charge in [0.25, 0.3) is 0 Å². The van der Waals surface area contributed by atoms with E-state index in [-0.39, 0.29) is 0 Å². The maximum atomic E-state index is 9.82. The van der Waals surface area contributed by atoms with Crippen molar-refractivity contribution in [2.24, 2.45) is 7.05 Å². The molecule has 1 N–H and O–H groups in total. The van der Waals surface area contributed by atoms with Gasteiger partial charge in [0.1, 0.15) is 17.5 Å². The number of nitrogens with zero attached hydrogens (tertiary/aromatic N) is 2. The van der Waals surface area contributed by atoms with Crippen LogP contribution in [0.25, 0.3) is 0 Å². The molecular formula is C15H19ClN2O2. The summed E-state index contributed by atoms with van der Waals surface area (Å²) < 4.78 is 7.44. The second-order valence-corrected chi connectivity index (χ2v) is 5.34. The highest BCUT2D eigenvalue weighted by atomic mass is 35.5. The Kier molecular flexibility index (Phi) is 4.35. The Labute approximate surface area is 123 Å². The highest BCUT2D eigenvalue weighted by Gasteiger charge is 2.14. The molecule has 1 aromatic carbocycles. The summed E-state index contributed by atoms with van der Waals surface area (Å²) in [6.07, 6.45) is -0.574. The molecule has 1 heterocycles. The summed E-state index contributed by atoms with van der Waals surface area (Å²) in [7, 11) is 1.80. The molecule has 5 heteroatoms. The maximum Gasteiger partial charge on any atom is 0.133 e. The van der Waals surface area contributed by atoms with Gasteiger partial charge in [-0.15, -0.1) is 0 Å². The van der Waals surface area contributed by atoms with Crippen molar-refractivity contribution in [2.75, 3.05) is 0 Å². The number of benzene rings is 1. The largest absolute Gasteiger partial charge is 0.488 e. The van der Waals surface area contributed by atoms with Crippen molar-refractivity contribution < 1.29 is 9.84 Å². The number of aliphatic hydroxyl groups excluding tert-OH is 1.